The molecule has 2 atom stereocenters. The number of benzene rings is 2. The first-order valence-electron chi connectivity index (χ1n) is 9.98. The molecule has 4 rings (SSSR count). The molecule has 1 aromatic heterocycles. The van der Waals surface area contributed by atoms with E-state index in [1.54, 1.807) is 0 Å². The summed E-state index contributed by atoms with van der Waals surface area (Å²) in [4.78, 5) is 14.7. The van der Waals surface area contributed by atoms with Gasteiger partial charge in [-0.3, -0.25) is 10.1 Å². The normalized spacial score (nSPS) is 20.3. The Morgan fingerprint density at radius 1 is 1.00 bits per heavy atom. The molecule has 4 nitrogen and oxygen atoms in total. The van der Waals surface area contributed by atoms with E-state index in [2.05, 4.69) is 85.4 Å². The molecular formula is C24H29N3O. The Morgan fingerprint density at radius 2 is 1.68 bits per heavy atom. The summed E-state index contributed by atoms with van der Waals surface area (Å²) in [5.74, 6) is 0.180. The van der Waals surface area contributed by atoms with E-state index in [4.69, 9.17) is 0 Å². The molecule has 146 valence electrons. The molecule has 4 heteroatoms. The minimum Gasteiger partial charge on any atom is -0.343 e. The van der Waals surface area contributed by atoms with Gasteiger partial charge in [0.25, 0.3) is 0 Å². The van der Waals surface area contributed by atoms with Crippen molar-refractivity contribution in [3.8, 4) is 0 Å². The minimum atomic E-state index is -0.176. The SMILES string of the molecule is CN1C(=O)[C@H](Cc2cn(Cc3ccccc3)c3ccccc23)N[C@@H]1C(C)(C)C. The molecule has 0 bridgehead atoms. The molecule has 3 aromatic rings. The standard InChI is InChI=1S/C24H29N3O/c1-24(2,3)23-25-20(22(28)26(23)4)14-18-16-27(15-17-10-6-5-7-11-17)21-13-9-8-12-19(18)21/h5-13,16,20,23,25H,14-15H2,1-4H3/t20-,23-/m0/s1. The zero-order valence-electron chi connectivity index (χ0n) is 17.1. The number of aromatic nitrogens is 1. The molecule has 1 saturated heterocycles. The van der Waals surface area contributed by atoms with Crippen LogP contribution in [0, 0.1) is 5.41 Å². The van der Waals surface area contributed by atoms with Gasteiger partial charge in [-0.15, -0.1) is 0 Å². The van der Waals surface area contributed by atoms with Crippen LogP contribution in [0.3, 0.4) is 0 Å². The molecule has 1 aliphatic rings. The van der Waals surface area contributed by atoms with Crippen LogP contribution in [0.2, 0.25) is 0 Å². The highest BCUT2D eigenvalue weighted by atomic mass is 16.2. The number of carbonyl (C=O) groups is 1. The Balaban J connectivity index is 1.64. The summed E-state index contributed by atoms with van der Waals surface area (Å²) in [5.41, 5.74) is 3.71. The highest BCUT2D eigenvalue weighted by Gasteiger charge is 2.42. The molecular weight excluding hydrogens is 346 g/mol. The second kappa shape index (κ2) is 7.10. The first kappa shape index (κ1) is 18.8. The Hall–Kier alpha value is -2.59. The highest BCUT2D eigenvalue weighted by molar-refractivity contribution is 5.88. The molecule has 0 saturated carbocycles. The maximum atomic E-state index is 12.9. The number of para-hydroxylation sites is 1. The van der Waals surface area contributed by atoms with Crippen LogP contribution in [0.15, 0.2) is 60.8 Å². The molecule has 1 aliphatic heterocycles. The van der Waals surface area contributed by atoms with Gasteiger partial charge in [-0.25, -0.2) is 0 Å². The van der Waals surface area contributed by atoms with E-state index >= 15 is 0 Å². The molecule has 2 aromatic carbocycles. The van der Waals surface area contributed by atoms with E-state index in [0.717, 1.165) is 6.54 Å². The van der Waals surface area contributed by atoms with E-state index in [1.165, 1.54) is 22.0 Å². The molecule has 0 aliphatic carbocycles. The number of nitrogens with one attached hydrogen (secondary N) is 1. The first-order valence-corrected chi connectivity index (χ1v) is 9.98. The number of hydrogen-bond donors (Lipinski definition) is 1. The Bertz CT molecular complexity index is 984. The van der Waals surface area contributed by atoms with Gasteiger partial charge in [-0.1, -0.05) is 69.3 Å². The molecule has 1 amide bonds. The quantitative estimate of drug-likeness (QED) is 0.747. The fraction of sp³-hybridized carbons (Fsp3) is 0.375. The average molecular weight is 376 g/mol. The van der Waals surface area contributed by atoms with Gasteiger partial charge in [0, 0.05) is 30.7 Å². The predicted octanol–water partition coefficient (Wildman–Crippen LogP) is 4.03. The third-order valence-corrected chi connectivity index (χ3v) is 5.70. The number of amides is 1. The van der Waals surface area contributed by atoms with Gasteiger partial charge < -0.3 is 9.47 Å². The summed E-state index contributed by atoms with van der Waals surface area (Å²) in [6.07, 6.45) is 2.98. The summed E-state index contributed by atoms with van der Waals surface area (Å²) in [6.45, 7) is 7.34. The molecule has 1 N–H and O–H groups in total. The van der Waals surface area contributed by atoms with Crippen LogP contribution in [0.5, 0.6) is 0 Å². The molecule has 0 unspecified atom stereocenters. The maximum absolute atomic E-state index is 12.9. The molecule has 28 heavy (non-hydrogen) atoms. The van der Waals surface area contributed by atoms with Crippen LogP contribution in [-0.2, 0) is 17.8 Å². The van der Waals surface area contributed by atoms with E-state index in [1.807, 2.05) is 18.0 Å². The summed E-state index contributed by atoms with van der Waals surface area (Å²) in [5, 5.41) is 4.80. The van der Waals surface area contributed by atoms with Gasteiger partial charge in [0.1, 0.15) is 0 Å². The number of carbonyl (C=O) groups excluding carboxylic acids is 1. The van der Waals surface area contributed by atoms with Gasteiger partial charge in [0.15, 0.2) is 0 Å². The number of likely N-dealkylation sites (N-methyl/N-ethyl adjacent to an activating group) is 1. The van der Waals surface area contributed by atoms with Crippen molar-refractivity contribution < 1.29 is 4.79 Å². The molecule has 0 spiro atoms. The lowest BCUT2D eigenvalue weighted by atomic mass is 9.92. The number of fused-ring (bicyclic) bond motifs is 1. The summed E-state index contributed by atoms with van der Waals surface area (Å²) >= 11 is 0. The van der Waals surface area contributed by atoms with Crippen LogP contribution in [0.4, 0.5) is 0 Å². The Morgan fingerprint density at radius 3 is 2.36 bits per heavy atom. The smallest absolute Gasteiger partial charge is 0.241 e. The van der Waals surface area contributed by atoms with Crippen LogP contribution < -0.4 is 5.32 Å². The van der Waals surface area contributed by atoms with Crippen LogP contribution in [0.25, 0.3) is 10.9 Å². The summed E-state index contributed by atoms with van der Waals surface area (Å²) in [7, 11) is 1.91. The van der Waals surface area contributed by atoms with Crippen LogP contribution in [-0.4, -0.2) is 34.6 Å². The van der Waals surface area contributed by atoms with Crippen molar-refractivity contribution >= 4 is 16.8 Å². The monoisotopic (exact) mass is 375 g/mol. The van der Waals surface area contributed by atoms with Crippen molar-refractivity contribution in [3.63, 3.8) is 0 Å². The third-order valence-electron chi connectivity index (χ3n) is 5.70. The first-order chi connectivity index (χ1) is 13.3. The van der Waals surface area contributed by atoms with Gasteiger partial charge in [0.05, 0.1) is 12.2 Å². The van der Waals surface area contributed by atoms with Crippen molar-refractivity contribution in [1.82, 2.24) is 14.8 Å². The Kier molecular flexibility index (Phi) is 4.76. The predicted molar refractivity (Wildman–Crippen MR) is 114 cm³/mol. The number of nitrogens with zero attached hydrogens (tertiary/aromatic N) is 2. The highest BCUT2D eigenvalue weighted by Crippen LogP contribution is 2.29. The summed E-state index contributed by atoms with van der Waals surface area (Å²) in [6, 6.07) is 18.8. The lowest BCUT2D eigenvalue weighted by Gasteiger charge is -2.32. The fourth-order valence-corrected chi connectivity index (χ4v) is 4.34. The number of rotatable bonds is 4. The van der Waals surface area contributed by atoms with Crippen molar-refractivity contribution in [2.24, 2.45) is 5.41 Å². The van der Waals surface area contributed by atoms with Crippen LogP contribution in [0.1, 0.15) is 31.9 Å². The van der Waals surface area contributed by atoms with Crippen molar-refractivity contribution in [2.45, 2.75) is 45.9 Å². The maximum Gasteiger partial charge on any atom is 0.241 e. The second-order valence-corrected chi connectivity index (χ2v) is 8.93. The van der Waals surface area contributed by atoms with Crippen molar-refractivity contribution in [2.75, 3.05) is 7.05 Å². The van der Waals surface area contributed by atoms with Gasteiger partial charge >= 0.3 is 0 Å². The van der Waals surface area contributed by atoms with Crippen molar-refractivity contribution in [3.05, 3.63) is 71.9 Å². The second-order valence-electron chi connectivity index (χ2n) is 8.93. The van der Waals surface area contributed by atoms with E-state index < -0.39 is 0 Å². The zero-order chi connectivity index (χ0) is 19.9. The van der Waals surface area contributed by atoms with Crippen LogP contribution >= 0.6 is 0 Å². The molecule has 1 fully saturated rings. The fourth-order valence-electron chi connectivity index (χ4n) is 4.34. The van der Waals surface area contributed by atoms with Gasteiger partial charge in [-0.2, -0.15) is 0 Å². The largest absolute Gasteiger partial charge is 0.343 e. The number of hydrogen-bond acceptors (Lipinski definition) is 2. The minimum absolute atomic E-state index is 0.000465. The topological polar surface area (TPSA) is 37.3 Å². The van der Waals surface area contributed by atoms with Gasteiger partial charge in [-0.05, 0) is 29.0 Å². The lowest BCUT2D eigenvalue weighted by molar-refractivity contribution is -0.129. The molecule has 0 radical (unpaired) electrons. The molecule has 2 heterocycles. The lowest BCUT2D eigenvalue weighted by Crippen LogP contribution is -2.45. The summed E-state index contributed by atoms with van der Waals surface area (Å²) < 4.78 is 2.30. The Labute approximate surface area is 167 Å². The third kappa shape index (κ3) is 3.45. The van der Waals surface area contributed by atoms with E-state index in [-0.39, 0.29) is 23.5 Å². The zero-order valence-corrected chi connectivity index (χ0v) is 17.1. The van der Waals surface area contributed by atoms with Gasteiger partial charge in [0.2, 0.25) is 5.91 Å². The van der Waals surface area contributed by atoms with E-state index in [0.29, 0.717) is 6.42 Å². The average Bonchev–Trinajstić information content (AvgIpc) is 3.15. The van der Waals surface area contributed by atoms with Crippen molar-refractivity contribution in [1.29, 1.82) is 0 Å². The van der Waals surface area contributed by atoms with E-state index in [9.17, 15) is 4.79 Å².